The summed E-state index contributed by atoms with van der Waals surface area (Å²) in [6.45, 7) is 0. The molecule has 1 aromatic heterocycles. The van der Waals surface area contributed by atoms with Crippen LogP contribution in [0.2, 0.25) is 0 Å². The number of nitrogens with one attached hydrogen (secondary N) is 1. The van der Waals surface area contributed by atoms with E-state index in [-0.39, 0.29) is 16.9 Å². The smallest absolute Gasteiger partial charge is 0.337 e. The van der Waals surface area contributed by atoms with Crippen LogP contribution in [0, 0.1) is 5.82 Å². The number of amides is 1. The van der Waals surface area contributed by atoms with Crippen molar-refractivity contribution >= 4 is 17.6 Å². The summed E-state index contributed by atoms with van der Waals surface area (Å²) in [6.07, 6.45) is 1.19. The zero-order valence-corrected chi connectivity index (χ0v) is 8.88. The van der Waals surface area contributed by atoms with Crippen molar-refractivity contribution in [3.8, 4) is 0 Å². The van der Waals surface area contributed by atoms with Crippen molar-refractivity contribution in [2.45, 2.75) is 0 Å². The molecule has 7 heteroatoms. The number of anilines is 1. The van der Waals surface area contributed by atoms with Crippen LogP contribution in [0.15, 0.2) is 35.1 Å². The van der Waals surface area contributed by atoms with Crippen molar-refractivity contribution in [1.29, 1.82) is 0 Å². The Kier molecular flexibility index (Phi) is 3.05. The van der Waals surface area contributed by atoms with E-state index < -0.39 is 17.7 Å². The number of carbonyl (C=O) groups is 2. The molecule has 1 amide bonds. The van der Waals surface area contributed by atoms with Gasteiger partial charge in [-0.2, -0.15) is 0 Å². The molecule has 0 spiro atoms. The highest BCUT2D eigenvalue weighted by atomic mass is 19.1. The Morgan fingerprint density at radius 1 is 1.33 bits per heavy atom. The first-order chi connectivity index (χ1) is 8.58. The summed E-state index contributed by atoms with van der Waals surface area (Å²) in [6, 6.07) is 4.28. The molecule has 0 fully saturated rings. The highest BCUT2D eigenvalue weighted by Gasteiger charge is 2.15. The van der Waals surface area contributed by atoms with Crippen molar-refractivity contribution in [3.05, 3.63) is 47.6 Å². The zero-order chi connectivity index (χ0) is 13.1. The molecule has 2 rings (SSSR count). The van der Waals surface area contributed by atoms with Crippen LogP contribution in [0.1, 0.15) is 20.8 Å². The number of rotatable bonds is 3. The number of aromatic nitrogens is 1. The van der Waals surface area contributed by atoms with Crippen LogP contribution in [0.25, 0.3) is 0 Å². The molecule has 0 saturated heterocycles. The van der Waals surface area contributed by atoms with E-state index in [4.69, 9.17) is 5.11 Å². The lowest BCUT2D eigenvalue weighted by Crippen LogP contribution is -2.15. The molecule has 0 aliphatic carbocycles. The zero-order valence-electron chi connectivity index (χ0n) is 8.88. The second-order valence-corrected chi connectivity index (χ2v) is 3.33. The van der Waals surface area contributed by atoms with Gasteiger partial charge in [0.15, 0.2) is 5.69 Å². The van der Waals surface area contributed by atoms with Gasteiger partial charge < -0.3 is 14.9 Å². The molecule has 0 bridgehead atoms. The molecular formula is C11H7FN2O4. The summed E-state index contributed by atoms with van der Waals surface area (Å²) in [4.78, 5) is 22.5. The predicted octanol–water partition coefficient (Wildman–Crippen LogP) is 1.76. The molecule has 6 nitrogen and oxygen atoms in total. The standard InChI is InChI=1S/C11H7FN2O4/c12-6-1-2-7(11(16)17)9(5-6)13-10(15)8-3-4-18-14-8/h1-5H,(H,13,15)(H,16,17). The minimum absolute atomic E-state index is 0.0319. The Balaban J connectivity index is 2.31. The molecule has 0 atom stereocenters. The highest BCUT2D eigenvalue weighted by molar-refractivity contribution is 6.06. The Hall–Kier alpha value is -2.70. The highest BCUT2D eigenvalue weighted by Crippen LogP contribution is 2.18. The molecule has 2 aromatic rings. The van der Waals surface area contributed by atoms with Crippen LogP contribution < -0.4 is 5.32 Å². The molecule has 0 aliphatic rings. The van der Waals surface area contributed by atoms with E-state index in [0.29, 0.717) is 0 Å². The van der Waals surface area contributed by atoms with E-state index in [9.17, 15) is 14.0 Å². The Morgan fingerprint density at radius 2 is 2.11 bits per heavy atom. The average Bonchev–Trinajstić information content (AvgIpc) is 2.81. The van der Waals surface area contributed by atoms with Gasteiger partial charge in [-0.25, -0.2) is 9.18 Å². The molecule has 0 aliphatic heterocycles. The number of carbonyl (C=O) groups excluding carboxylic acids is 1. The molecule has 18 heavy (non-hydrogen) atoms. The lowest BCUT2D eigenvalue weighted by molar-refractivity contribution is 0.0698. The molecule has 1 heterocycles. The summed E-state index contributed by atoms with van der Waals surface area (Å²) >= 11 is 0. The van der Waals surface area contributed by atoms with Crippen LogP contribution >= 0.6 is 0 Å². The first kappa shape index (κ1) is 11.8. The van der Waals surface area contributed by atoms with Crippen LogP contribution in [0.3, 0.4) is 0 Å². The first-order valence-electron chi connectivity index (χ1n) is 4.82. The summed E-state index contributed by atoms with van der Waals surface area (Å²) in [5.41, 5.74) is -0.389. The molecule has 2 N–H and O–H groups in total. The minimum Gasteiger partial charge on any atom is -0.478 e. The van der Waals surface area contributed by atoms with Gasteiger partial charge in [0.1, 0.15) is 12.1 Å². The van der Waals surface area contributed by atoms with Gasteiger partial charge in [0.05, 0.1) is 11.3 Å². The Bertz CT molecular complexity index is 595. The molecule has 0 saturated carbocycles. The molecule has 0 unspecified atom stereocenters. The van der Waals surface area contributed by atoms with Crippen molar-refractivity contribution < 1.29 is 23.6 Å². The number of hydrogen-bond donors (Lipinski definition) is 2. The van der Waals surface area contributed by atoms with Gasteiger partial charge >= 0.3 is 5.97 Å². The molecular weight excluding hydrogens is 243 g/mol. The molecule has 0 radical (unpaired) electrons. The van der Waals surface area contributed by atoms with Gasteiger partial charge in [0.2, 0.25) is 0 Å². The average molecular weight is 250 g/mol. The van der Waals surface area contributed by atoms with E-state index in [0.717, 1.165) is 18.2 Å². The number of nitrogens with zero attached hydrogens (tertiary/aromatic N) is 1. The van der Waals surface area contributed by atoms with Crippen LogP contribution in [-0.4, -0.2) is 22.1 Å². The summed E-state index contributed by atoms with van der Waals surface area (Å²) in [5.74, 6) is -2.61. The number of hydrogen-bond acceptors (Lipinski definition) is 4. The fourth-order valence-electron chi connectivity index (χ4n) is 1.32. The molecule has 92 valence electrons. The predicted molar refractivity (Wildman–Crippen MR) is 57.8 cm³/mol. The monoisotopic (exact) mass is 250 g/mol. The lowest BCUT2D eigenvalue weighted by Gasteiger charge is -2.06. The second-order valence-electron chi connectivity index (χ2n) is 3.33. The van der Waals surface area contributed by atoms with Crippen LogP contribution in [-0.2, 0) is 0 Å². The van der Waals surface area contributed by atoms with Crippen LogP contribution in [0.4, 0.5) is 10.1 Å². The van der Waals surface area contributed by atoms with E-state index in [1.807, 2.05) is 0 Å². The fraction of sp³-hybridized carbons (Fsp3) is 0. The van der Waals surface area contributed by atoms with Crippen molar-refractivity contribution in [3.63, 3.8) is 0 Å². The number of carboxylic acids is 1. The maximum atomic E-state index is 13.0. The van der Waals surface area contributed by atoms with Crippen molar-refractivity contribution in [2.75, 3.05) is 5.32 Å². The van der Waals surface area contributed by atoms with Gasteiger partial charge in [-0.15, -0.1) is 0 Å². The second kappa shape index (κ2) is 4.66. The van der Waals surface area contributed by atoms with Gasteiger partial charge in [-0.3, -0.25) is 4.79 Å². The van der Waals surface area contributed by atoms with Crippen LogP contribution in [0.5, 0.6) is 0 Å². The third-order valence-electron chi connectivity index (χ3n) is 2.13. The Morgan fingerprint density at radius 3 is 2.72 bits per heavy atom. The van der Waals surface area contributed by atoms with E-state index in [2.05, 4.69) is 15.0 Å². The largest absolute Gasteiger partial charge is 0.478 e. The summed E-state index contributed by atoms with van der Waals surface area (Å²) in [5, 5.41) is 14.5. The van der Waals surface area contributed by atoms with Gasteiger partial charge in [0, 0.05) is 6.07 Å². The quantitative estimate of drug-likeness (QED) is 0.865. The summed E-state index contributed by atoms with van der Waals surface area (Å²) in [7, 11) is 0. The molecule has 1 aromatic carbocycles. The third kappa shape index (κ3) is 2.34. The van der Waals surface area contributed by atoms with Gasteiger partial charge in [0.25, 0.3) is 5.91 Å². The topological polar surface area (TPSA) is 92.4 Å². The van der Waals surface area contributed by atoms with E-state index in [1.54, 1.807) is 0 Å². The van der Waals surface area contributed by atoms with Gasteiger partial charge in [-0.05, 0) is 18.2 Å². The normalized spacial score (nSPS) is 10.1. The fourth-order valence-corrected chi connectivity index (χ4v) is 1.32. The maximum absolute atomic E-state index is 13.0. The SMILES string of the molecule is O=C(Nc1cc(F)ccc1C(=O)O)c1ccon1. The van der Waals surface area contributed by atoms with Crippen molar-refractivity contribution in [1.82, 2.24) is 5.16 Å². The van der Waals surface area contributed by atoms with Crippen molar-refractivity contribution in [2.24, 2.45) is 0 Å². The van der Waals surface area contributed by atoms with E-state index in [1.165, 1.54) is 12.3 Å². The van der Waals surface area contributed by atoms with Gasteiger partial charge in [-0.1, -0.05) is 5.16 Å². The first-order valence-corrected chi connectivity index (χ1v) is 4.82. The number of benzene rings is 1. The third-order valence-corrected chi connectivity index (χ3v) is 2.13. The maximum Gasteiger partial charge on any atom is 0.337 e. The number of halogens is 1. The number of aromatic carboxylic acids is 1. The minimum atomic E-state index is -1.27. The number of carboxylic acid groups (broad SMARTS) is 1. The Labute approximate surface area is 100 Å². The lowest BCUT2D eigenvalue weighted by atomic mass is 10.1. The summed E-state index contributed by atoms with van der Waals surface area (Å²) < 4.78 is 17.5. The van der Waals surface area contributed by atoms with E-state index >= 15 is 0 Å².